The van der Waals surface area contributed by atoms with Crippen molar-refractivity contribution < 1.29 is 4.74 Å². The molecule has 0 unspecified atom stereocenters. The van der Waals surface area contributed by atoms with Crippen LogP contribution in [0.2, 0.25) is 0 Å². The number of rotatable bonds is 9. The lowest BCUT2D eigenvalue weighted by molar-refractivity contribution is 0.142. The summed E-state index contributed by atoms with van der Waals surface area (Å²) in [5, 5.41) is 0. The van der Waals surface area contributed by atoms with Crippen molar-refractivity contribution in [2.45, 2.75) is 38.1 Å². The smallest absolute Gasteiger partial charge is 0.0589 e. The molecule has 0 saturated heterocycles. The topological polar surface area (TPSA) is 12.5 Å². The molecule has 0 aromatic heterocycles. The average Bonchev–Trinajstić information content (AvgIpc) is 3.00. The second-order valence-corrected chi connectivity index (χ2v) is 4.39. The van der Waals surface area contributed by atoms with E-state index >= 15 is 0 Å². The summed E-state index contributed by atoms with van der Waals surface area (Å²) in [5.74, 6) is 0.807. The highest BCUT2D eigenvalue weighted by atomic mass is 35.5. The predicted molar refractivity (Wildman–Crippen MR) is 61.0 cm³/mol. The van der Waals surface area contributed by atoms with E-state index < -0.39 is 0 Å². The molecule has 1 fully saturated rings. The van der Waals surface area contributed by atoms with Gasteiger partial charge < -0.3 is 4.74 Å². The molecule has 14 heavy (non-hydrogen) atoms. The fourth-order valence-electron chi connectivity index (χ4n) is 1.71. The van der Waals surface area contributed by atoms with Gasteiger partial charge in [-0.25, -0.2) is 0 Å². The molecule has 2 nitrogen and oxygen atoms in total. The third-order valence-corrected chi connectivity index (χ3v) is 2.99. The number of nitrogens with zero attached hydrogens (tertiary/aromatic N) is 1. The van der Waals surface area contributed by atoms with E-state index in [0.717, 1.165) is 31.5 Å². The first-order valence-electron chi connectivity index (χ1n) is 5.67. The van der Waals surface area contributed by atoms with Crippen LogP contribution in [0, 0.1) is 0 Å². The van der Waals surface area contributed by atoms with Gasteiger partial charge in [-0.2, -0.15) is 0 Å². The Morgan fingerprint density at radius 3 is 2.57 bits per heavy atom. The van der Waals surface area contributed by atoms with Crippen molar-refractivity contribution in [2.24, 2.45) is 0 Å². The molecule has 0 atom stereocenters. The van der Waals surface area contributed by atoms with E-state index in [-0.39, 0.29) is 0 Å². The van der Waals surface area contributed by atoms with Crippen molar-refractivity contribution in [1.82, 2.24) is 4.90 Å². The van der Waals surface area contributed by atoms with E-state index in [4.69, 9.17) is 16.3 Å². The molecule has 1 saturated carbocycles. The number of hydrogen-bond donors (Lipinski definition) is 0. The van der Waals surface area contributed by atoms with E-state index in [1.165, 1.54) is 32.2 Å². The highest BCUT2D eigenvalue weighted by Crippen LogP contribution is 2.26. The zero-order chi connectivity index (χ0) is 10.2. The lowest BCUT2D eigenvalue weighted by Crippen LogP contribution is -2.30. The Morgan fingerprint density at radius 2 is 2.00 bits per heavy atom. The summed E-state index contributed by atoms with van der Waals surface area (Å²) in [6.07, 6.45) is 6.48. The van der Waals surface area contributed by atoms with Gasteiger partial charge in [0.25, 0.3) is 0 Å². The van der Waals surface area contributed by atoms with Crippen molar-refractivity contribution in [2.75, 3.05) is 32.7 Å². The third kappa shape index (κ3) is 5.18. The van der Waals surface area contributed by atoms with E-state index in [1.54, 1.807) is 7.11 Å². The highest BCUT2D eigenvalue weighted by molar-refractivity contribution is 6.17. The summed E-state index contributed by atoms with van der Waals surface area (Å²) in [6.45, 7) is 3.19. The van der Waals surface area contributed by atoms with Crippen LogP contribution in [0.5, 0.6) is 0 Å². The van der Waals surface area contributed by atoms with Crippen LogP contribution in [-0.2, 0) is 4.74 Å². The summed E-state index contributed by atoms with van der Waals surface area (Å²) in [5.41, 5.74) is 0. The molecule has 0 aromatic carbocycles. The quantitative estimate of drug-likeness (QED) is 0.437. The third-order valence-electron chi connectivity index (χ3n) is 2.72. The van der Waals surface area contributed by atoms with E-state index in [2.05, 4.69) is 4.90 Å². The molecule has 0 radical (unpaired) electrons. The van der Waals surface area contributed by atoms with Crippen molar-refractivity contribution in [3.05, 3.63) is 0 Å². The van der Waals surface area contributed by atoms with Crippen molar-refractivity contribution in [1.29, 1.82) is 0 Å². The highest BCUT2D eigenvalue weighted by Gasteiger charge is 2.27. The van der Waals surface area contributed by atoms with Crippen LogP contribution in [-0.4, -0.2) is 43.6 Å². The van der Waals surface area contributed by atoms with Gasteiger partial charge in [0.2, 0.25) is 0 Å². The number of halogens is 1. The van der Waals surface area contributed by atoms with Gasteiger partial charge in [-0.15, -0.1) is 11.6 Å². The van der Waals surface area contributed by atoms with Crippen LogP contribution in [0.4, 0.5) is 0 Å². The van der Waals surface area contributed by atoms with E-state index in [1.807, 2.05) is 0 Å². The second-order valence-electron chi connectivity index (χ2n) is 4.01. The molecule has 1 aliphatic rings. The van der Waals surface area contributed by atoms with Crippen molar-refractivity contribution >= 4 is 11.6 Å². The number of unbranched alkanes of at least 4 members (excludes halogenated alkanes) is 2. The molecular weight excluding hydrogens is 198 g/mol. The normalized spacial score (nSPS) is 16.5. The molecule has 0 heterocycles. The second kappa shape index (κ2) is 7.49. The van der Waals surface area contributed by atoms with Gasteiger partial charge in [-0.05, 0) is 32.2 Å². The summed E-state index contributed by atoms with van der Waals surface area (Å²) in [4.78, 5) is 2.57. The van der Waals surface area contributed by atoms with Crippen LogP contribution in [0.3, 0.4) is 0 Å². The molecule has 0 bridgehead atoms. The first-order valence-corrected chi connectivity index (χ1v) is 6.21. The van der Waals surface area contributed by atoms with Crippen LogP contribution < -0.4 is 0 Å². The predicted octanol–water partition coefficient (Wildman–Crippen LogP) is 2.51. The standard InChI is InChI=1S/C11H22ClNO/c1-14-10-9-13(11-5-6-11)8-4-2-3-7-12/h11H,2-10H2,1H3. The fraction of sp³-hybridized carbons (Fsp3) is 1.00. The molecule has 0 aromatic rings. The van der Waals surface area contributed by atoms with Gasteiger partial charge in [-0.1, -0.05) is 6.42 Å². The van der Waals surface area contributed by atoms with Crippen LogP contribution >= 0.6 is 11.6 Å². The lowest BCUT2D eigenvalue weighted by Gasteiger charge is -2.21. The zero-order valence-corrected chi connectivity index (χ0v) is 9.93. The minimum Gasteiger partial charge on any atom is -0.383 e. The van der Waals surface area contributed by atoms with Crippen LogP contribution in [0.15, 0.2) is 0 Å². The maximum atomic E-state index is 5.64. The molecule has 0 spiro atoms. The van der Waals surface area contributed by atoms with Gasteiger partial charge in [0.1, 0.15) is 0 Å². The molecule has 1 aliphatic carbocycles. The van der Waals surface area contributed by atoms with E-state index in [9.17, 15) is 0 Å². The molecule has 3 heteroatoms. The largest absolute Gasteiger partial charge is 0.383 e. The first-order chi connectivity index (χ1) is 6.88. The fourth-order valence-corrected chi connectivity index (χ4v) is 1.90. The maximum absolute atomic E-state index is 5.64. The SMILES string of the molecule is COCCN(CCCCCCl)C1CC1. The number of hydrogen-bond acceptors (Lipinski definition) is 2. The summed E-state index contributed by atoms with van der Waals surface area (Å²) in [7, 11) is 1.78. The minimum absolute atomic E-state index is 0.807. The van der Waals surface area contributed by atoms with Crippen molar-refractivity contribution in [3.63, 3.8) is 0 Å². The Labute approximate surface area is 92.6 Å². The zero-order valence-electron chi connectivity index (χ0n) is 9.17. The molecular formula is C11H22ClNO. The molecule has 0 N–H and O–H groups in total. The Hall–Kier alpha value is 0.210. The number of methoxy groups -OCH3 is 1. The Balaban J connectivity index is 2.02. The Kier molecular flexibility index (Phi) is 6.57. The minimum atomic E-state index is 0.807. The van der Waals surface area contributed by atoms with Gasteiger partial charge >= 0.3 is 0 Å². The Bertz CT molecular complexity index is 139. The molecule has 84 valence electrons. The maximum Gasteiger partial charge on any atom is 0.0589 e. The van der Waals surface area contributed by atoms with Gasteiger partial charge in [0.15, 0.2) is 0 Å². The van der Waals surface area contributed by atoms with Gasteiger partial charge in [-0.3, -0.25) is 4.90 Å². The summed E-state index contributed by atoms with van der Waals surface area (Å²) in [6, 6.07) is 0.862. The van der Waals surface area contributed by atoms with Crippen LogP contribution in [0.1, 0.15) is 32.1 Å². The van der Waals surface area contributed by atoms with E-state index in [0.29, 0.717) is 0 Å². The summed E-state index contributed by atoms with van der Waals surface area (Å²) >= 11 is 5.64. The number of alkyl halides is 1. The van der Waals surface area contributed by atoms with Crippen LogP contribution in [0.25, 0.3) is 0 Å². The number of ether oxygens (including phenoxy) is 1. The van der Waals surface area contributed by atoms with Crippen molar-refractivity contribution in [3.8, 4) is 0 Å². The molecule has 0 amide bonds. The Morgan fingerprint density at radius 1 is 1.21 bits per heavy atom. The van der Waals surface area contributed by atoms with Gasteiger partial charge in [0.05, 0.1) is 6.61 Å². The monoisotopic (exact) mass is 219 g/mol. The first kappa shape index (κ1) is 12.3. The summed E-state index contributed by atoms with van der Waals surface area (Å²) < 4.78 is 5.11. The molecule has 0 aliphatic heterocycles. The lowest BCUT2D eigenvalue weighted by atomic mass is 10.2. The molecule has 1 rings (SSSR count). The van der Waals surface area contributed by atoms with Gasteiger partial charge in [0, 0.05) is 25.6 Å². The average molecular weight is 220 g/mol.